The average molecular weight is 434 g/mol. The lowest BCUT2D eigenvalue weighted by Gasteiger charge is -2.18. The van der Waals surface area contributed by atoms with Crippen molar-refractivity contribution >= 4 is 0 Å². The predicted octanol–water partition coefficient (Wildman–Crippen LogP) is 3.24. The Morgan fingerprint density at radius 2 is 2.03 bits per heavy atom. The van der Waals surface area contributed by atoms with Crippen molar-refractivity contribution < 1.29 is 14.4 Å². The Kier molecular flexibility index (Phi) is 7.10. The number of benzene rings is 1. The van der Waals surface area contributed by atoms with Crippen LogP contribution in [0.1, 0.15) is 36.5 Å². The number of nitriles is 1. The molecule has 0 bridgehead atoms. The van der Waals surface area contributed by atoms with Crippen molar-refractivity contribution in [3.63, 3.8) is 0 Å². The van der Waals surface area contributed by atoms with Gasteiger partial charge < -0.3 is 19.3 Å². The van der Waals surface area contributed by atoms with Crippen LogP contribution in [0, 0.1) is 11.3 Å². The van der Waals surface area contributed by atoms with Gasteiger partial charge in [0, 0.05) is 38.0 Å². The quantitative estimate of drug-likeness (QED) is 0.577. The van der Waals surface area contributed by atoms with Crippen molar-refractivity contribution in [3.05, 3.63) is 47.2 Å². The van der Waals surface area contributed by atoms with Crippen molar-refractivity contribution in [2.45, 2.75) is 32.6 Å². The van der Waals surface area contributed by atoms with Crippen LogP contribution >= 0.6 is 0 Å². The van der Waals surface area contributed by atoms with Crippen molar-refractivity contribution in [1.82, 2.24) is 20.0 Å². The highest BCUT2D eigenvalue weighted by molar-refractivity contribution is 5.62. The number of aliphatic hydroxyl groups excluding tert-OH is 1. The lowest BCUT2D eigenvalue weighted by molar-refractivity contribution is 0.229. The summed E-state index contributed by atoms with van der Waals surface area (Å²) in [7, 11) is 0. The molecule has 1 aliphatic heterocycles. The highest BCUT2D eigenvalue weighted by Gasteiger charge is 2.18. The van der Waals surface area contributed by atoms with Gasteiger partial charge in [-0.05, 0) is 48.9 Å². The number of aliphatic hydroxyl groups is 1. The first-order valence-corrected chi connectivity index (χ1v) is 11.0. The van der Waals surface area contributed by atoms with Crippen LogP contribution in [0.15, 0.2) is 35.0 Å². The van der Waals surface area contributed by atoms with Crippen molar-refractivity contribution in [1.29, 1.82) is 5.26 Å². The van der Waals surface area contributed by atoms with Gasteiger partial charge >= 0.3 is 0 Å². The molecule has 0 spiro atoms. The molecule has 0 radical (unpaired) electrons. The first-order valence-electron chi connectivity index (χ1n) is 11.0. The van der Waals surface area contributed by atoms with Crippen molar-refractivity contribution in [3.8, 4) is 34.8 Å². The van der Waals surface area contributed by atoms with Gasteiger partial charge in [-0.15, -0.1) is 0 Å². The monoisotopic (exact) mass is 433 g/mol. The number of hydrogen-bond acceptors (Lipinski definition) is 8. The fourth-order valence-electron chi connectivity index (χ4n) is 3.85. The molecule has 8 nitrogen and oxygen atoms in total. The first kappa shape index (κ1) is 21.9. The summed E-state index contributed by atoms with van der Waals surface area (Å²) in [5, 5.41) is 22.7. The molecular weight excluding hydrogens is 406 g/mol. The van der Waals surface area contributed by atoms with E-state index in [-0.39, 0.29) is 6.61 Å². The Hall–Kier alpha value is -3.28. The van der Waals surface area contributed by atoms with E-state index in [1.165, 1.54) is 11.1 Å². The van der Waals surface area contributed by atoms with E-state index in [0.717, 1.165) is 50.9 Å². The van der Waals surface area contributed by atoms with E-state index in [9.17, 15) is 5.26 Å². The smallest absolute Gasteiger partial charge is 0.259 e. The summed E-state index contributed by atoms with van der Waals surface area (Å²) < 4.78 is 11.0. The summed E-state index contributed by atoms with van der Waals surface area (Å²) in [6.45, 7) is 5.63. The lowest BCUT2D eigenvalue weighted by atomic mass is 10.00. The Labute approximate surface area is 187 Å². The fraction of sp³-hybridized carbons (Fsp3) is 0.417. The molecule has 8 heteroatoms. The predicted molar refractivity (Wildman–Crippen MR) is 119 cm³/mol. The minimum absolute atomic E-state index is 0.230. The van der Waals surface area contributed by atoms with Gasteiger partial charge in [-0.2, -0.15) is 10.2 Å². The van der Waals surface area contributed by atoms with E-state index in [1.54, 1.807) is 12.3 Å². The molecule has 0 fully saturated rings. The second-order valence-electron chi connectivity index (χ2n) is 7.86. The SMILES string of the molecule is CCCOc1ncc(-c2nc(-c3ccc4c(c3)CCN(CCCO)CC4)no2)cc1C#N. The third-order valence-electron chi connectivity index (χ3n) is 5.58. The number of fused-ring (bicyclic) bond motifs is 1. The highest BCUT2D eigenvalue weighted by Crippen LogP contribution is 2.27. The van der Waals surface area contributed by atoms with Crippen LogP contribution < -0.4 is 4.74 Å². The molecule has 4 rings (SSSR count). The minimum Gasteiger partial charge on any atom is -0.477 e. The molecule has 0 atom stereocenters. The van der Waals surface area contributed by atoms with Gasteiger partial charge in [0.2, 0.25) is 11.7 Å². The van der Waals surface area contributed by atoms with E-state index >= 15 is 0 Å². The summed E-state index contributed by atoms with van der Waals surface area (Å²) in [5.41, 5.74) is 4.46. The maximum Gasteiger partial charge on any atom is 0.259 e. The third kappa shape index (κ3) is 4.96. The Morgan fingerprint density at radius 1 is 1.19 bits per heavy atom. The van der Waals surface area contributed by atoms with Crippen LogP contribution in [0.5, 0.6) is 5.88 Å². The molecule has 0 aliphatic carbocycles. The zero-order valence-electron chi connectivity index (χ0n) is 18.3. The van der Waals surface area contributed by atoms with E-state index in [1.807, 2.05) is 13.0 Å². The molecule has 3 heterocycles. The molecule has 1 N–H and O–H groups in total. The normalized spacial score (nSPS) is 13.9. The molecular formula is C24H27N5O3. The fourth-order valence-corrected chi connectivity index (χ4v) is 3.85. The van der Waals surface area contributed by atoms with E-state index in [2.05, 4.69) is 38.2 Å². The van der Waals surface area contributed by atoms with Crippen LogP contribution in [0.3, 0.4) is 0 Å². The topological polar surface area (TPSA) is 108 Å². The zero-order valence-corrected chi connectivity index (χ0v) is 18.3. The van der Waals surface area contributed by atoms with Crippen molar-refractivity contribution in [2.24, 2.45) is 0 Å². The lowest BCUT2D eigenvalue weighted by Crippen LogP contribution is -2.28. The molecule has 0 saturated carbocycles. The second-order valence-corrected chi connectivity index (χ2v) is 7.86. The van der Waals surface area contributed by atoms with E-state index in [0.29, 0.717) is 35.3 Å². The molecule has 1 aliphatic rings. The number of aromatic nitrogens is 3. The molecule has 1 aromatic carbocycles. The van der Waals surface area contributed by atoms with Gasteiger partial charge in [0.05, 0.1) is 12.2 Å². The summed E-state index contributed by atoms with van der Waals surface area (Å²) >= 11 is 0. The van der Waals surface area contributed by atoms with Crippen LogP contribution in [0.4, 0.5) is 0 Å². The number of pyridine rings is 1. The molecule has 2 aromatic heterocycles. The van der Waals surface area contributed by atoms with Gasteiger partial charge in [0.1, 0.15) is 11.6 Å². The van der Waals surface area contributed by atoms with Gasteiger partial charge in [-0.25, -0.2) is 4.98 Å². The second kappa shape index (κ2) is 10.4. The van der Waals surface area contributed by atoms with Gasteiger partial charge in [-0.1, -0.05) is 24.2 Å². The zero-order chi connectivity index (χ0) is 22.3. The Bertz CT molecular complexity index is 1110. The summed E-state index contributed by atoms with van der Waals surface area (Å²) in [5.74, 6) is 1.14. The maximum absolute atomic E-state index is 9.42. The van der Waals surface area contributed by atoms with E-state index < -0.39 is 0 Å². The van der Waals surface area contributed by atoms with Crippen LogP contribution in [0.2, 0.25) is 0 Å². The minimum atomic E-state index is 0.230. The molecule has 0 amide bonds. The van der Waals surface area contributed by atoms with Gasteiger partial charge in [-0.3, -0.25) is 0 Å². The van der Waals surface area contributed by atoms with Gasteiger partial charge in [0.25, 0.3) is 5.89 Å². The molecule has 166 valence electrons. The van der Waals surface area contributed by atoms with Gasteiger partial charge in [0.15, 0.2) is 0 Å². The molecule has 3 aromatic rings. The maximum atomic E-state index is 9.42. The Balaban J connectivity index is 1.52. The third-order valence-corrected chi connectivity index (χ3v) is 5.58. The van der Waals surface area contributed by atoms with Crippen molar-refractivity contribution in [2.75, 3.05) is 32.8 Å². The van der Waals surface area contributed by atoms with Crippen LogP contribution in [-0.4, -0.2) is 58.0 Å². The summed E-state index contributed by atoms with van der Waals surface area (Å²) in [6, 6.07) is 10.1. The number of rotatable bonds is 8. The Morgan fingerprint density at radius 3 is 2.81 bits per heavy atom. The summed E-state index contributed by atoms with van der Waals surface area (Å²) in [6.07, 6.45) is 5.17. The summed E-state index contributed by atoms with van der Waals surface area (Å²) in [4.78, 5) is 11.2. The largest absolute Gasteiger partial charge is 0.477 e. The van der Waals surface area contributed by atoms with E-state index in [4.69, 9.17) is 14.4 Å². The number of hydrogen-bond donors (Lipinski definition) is 1. The number of ether oxygens (including phenoxy) is 1. The number of nitrogens with zero attached hydrogens (tertiary/aromatic N) is 5. The first-order chi connectivity index (χ1) is 15.7. The standard InChI is InChI=1S/C24H27N5O3/c1-2-12-31-23-20(15-25)14-21(16-26-23)24-27-22(28-32-24)19-5-4-17-6-9-29(8-3-11-30)10-7-18(17)13-19/h4-5,13-14,16,30H,2-3,6-12H2,1H3. The van der Waals surface area contributed by atoms with Crippen LogP contribution in [-0.2, 0) is 12.8 Å². The molecule has 0 saturated heterocycles. The average Bonchev–Trinajstić information content (AvgIpc) is 3.23. The molecule has 32 heavy (non-hydrogen) atoms. The van der Waals surface area contributed by atoms with Crippen LogP contribution in [0.25, 0.3) is 22.8 Å². The molecule has 0 unspecified atom stereocenters. The highest BCUT2D eigenvalue weighted by atomic mass is 16.5.